The summed E-state index contributed by atoms with van der Waals surface area (Å²) >= 11 is 0. The Morgan fingerprint density at radius 1 is 1.16 bits per heavy atom. The summed E-state index contributed by atoms with van der Waals surface area (Å²) in [6.45, 7) is 0. The Morgan fingerprint density at radius 2 is 1.94 bits per heavy atom. The predicted octanol–water partition coefficient (Wildman–Crippen LogP) is 3.03. The van der Waals surface area contributed by atoms with E-state index >= 15 is 0 Å². The first kappa shape index (κ1) is 19.2. The molecule has 1 aliphatic carbocycles. The molecule has 31 heavy (non-hydrogen) atoms. The summed E-state index contributed by atoms with van der Waals surface area (Å²) in [6.07, 6.45) is 3.59. The molecule has 158 valence electrons. The molecule has 1 aromatic heterocycles. The van der Waals surface area contributed by atoms with Crippen LogP contribution >= 0.6 is 0 Å². The molecule has 0 radical (unpaired) electrons. The predicted molar refractivity (Wildman–Crippen MR) is 115 cm³/mol. The van der Waals surface area contributed by atoms with Crippen molar-refractivity contribution in [2.24, 2.45) is 10.8 Å². The first-order valence-electron chi connectivity index (χ1n) is 10.2. The van der Waals surface area contributed by atoms with Crippen LogP contribution in [0.1, 0.15) is 37.4 Å². The fourth-order valence-corrected chi connectivity index (χ4v) is 3.89. The highest BCUT2D eigenvalue weighted by Gasteiger charge is 2.35. The summed E-state index contributed by atoms with van der Waals surface area (Å²) < 4.78 is 13.2. The number of fused-ring (bicyclic) bond motifs is 1. The molecule has 0 saturated heterocycles. The minimum atomic E-state index is -0.814. The minimum absolute atomic E-state index is 0.0661. The zero-order valence-electron chi connectivity index (χ0n) is 16.6. The van der Waals surface area contributed by atoms with Crippen LogP contribution in [0.25, 0.3) is 11.0 Å². The molecule has 2 aromatic carbocycles. The van der Waals surface area contributed by atoms with Crippen LogP contribution in [-0.2, 0) is 9.59 Å². The number of hydrogen-bond donors (Lipinski definition) is 3. The van der Waals surface area contributed by atoms with E-state index in [0.29, 0.717) is 17.3 Å². The molecule has 3 aromatic rings. The number of nitrogens with two attached hydrogens (primary N) is 1. The van der Waals surface area contributed by atoms with Crippen molar-refractivity contribution in [3.05, 3.63) is 54.1 Å². The maximum atomic E-state index is 13.2. The van der Waals surface area contributed by atoms with Crippen LogP contribution in [0.5, 0.6) is 0 Å². The van der Waals surface area contributed by atoms with Crippen molar-refractivity contribution in [1.82, 2.24) is 9.97 Å². The molecule has 0 spiro atoms. The van der Waals surface area contributed by atoms with Gasteiger partial charge in [-0.1, -0.05) is 6.42 Å². The number of H-pyrrole nitrogens is 1. The van der Waals surface area contributed by atoms with E-state index in [2.05, 4.69) is 20.4 Å². The lowest BCUT2D eigenvalue weighted by molar-refractivity contribution is -0.119. The number of benzene rings is 2. The van der Waals surface area contributed by atoms with Gasteiger partial charge >= 0.3 is 0 Å². The standard InChI is InChI=1S/C22H21FN6O2/c23-13-4-7-15(8-5-13)29-19(20(24)30)11-18(28-29)22(31)25-14-6-9-16-17(10-14)27-21(26-16)12-2-1-3-12/h4-10,12,19H,1-3,11H2,(H2,24,30)(H,25,31)(H,26,27). The molecule has 1 aliphatic heterocycles. The fraction of sp³-hybridized carbons (Fsp3) is 0.273. The van der Waals surface area contributed by atoms with Crippen LogP contribution in [0.4, 0.5) is 15.8 Å². The van der Waals surface area contributed by atoms with E-state index in [0.717, 1.165) is 29.7 Å². The van der Waals surface area contributed by atoms with Gasteiger partial charge in [-0.05, 0) is 55.3 Å². The number of halogens is 1. The van der Waals surface area contributed by atoms with Crippen LogP contribution in [0.15, 0.2) is 47.6 Å². The van der Waals surface area contributed by atoms with E-state index in [1.54, 1.807) is 6.07 Å². The van der Waals surface area contributed by atoms with Gasteiger partial charge in [0.15, 0.2) is 0 Å². The number of nitrogens with one attached hydrogen (secondary N) is 2. The van der Waals surface area contributed by atoms with Gasteiger partial charge in [-0.3, -0.25) is 14.6 Å². The molecule has 2 aliphatic rings. The summed E-state index contributed by atoms with van der Waals surface area (Å²) in [4.78, 5) is 32.7. The first-order valence-corrected chi connectivity index (χ1v) is 10.2. The van der Waals surface area contributed by atoms with Crippen molar-refractivity contribution >= 4 is 39.9 Å². The summed E-state index contributed by atoms with van der Waals surface area (Å²) in [6, 6.07) is 10.2. The zero-order chi connectivity index (χ0) is 21.5. The average Bonchev–Trinajstić information content (AvgIpc) is 3.31. The molecule has 1 saturated carbocycles. The zero-order valence-corrected chi connectivity index (χ0v) is 16.6. The Labute approximate surface area is 177 Å². The second-order valence-electron chi connectivity index (χ2n) is 7.93. The van der Waals surface area contributed by atoms with Crippen molar-refractivity contribution in [1.29, 1.82) is 0 Å². The number of aromatic amines is 1. The molecule has 9 heteroatoms. The van der Waals surface area contributed by atoms with Gasteiger partial charge in [0.25, 0.3) is 5.91 Å². The van der Waals surface area contributed by atoms with Crippen LogP contribution in [0.3, 0.4) is 0 Å². The number of hydrazone groups is 1. The van der Waals surface area contributed by atoms with Crippen molar-refractivity contribution in [3.63, 3.8) is 0 Å². The number of amides is 2. The molecule has 1 unspecified atom stereocenters. The second kappa shape index (κ2) is 7.50. The number of imidazole rings is 1. The van der Waals surface area contributed by atoms with Gasteiger partial charge in [0, 0.05) is 18.0 Å². The quantitative estimate of drug-likeness (QED) is 0.588. The Morgan fingerprint density at radius 3 is 2.61 bits per heavy atom. The average molecular weight is 420 g/mol. The molecular formula is C22H21FN6O2. The molecule has 1 fully saturated rings. The normalized spacial score (nSPS) is 18.7. The minimum Gasteiger partial charge on any atom is -0.368 e. The Kier molecular flexibility index (Phi) is 4.65. The summed E-state index contributed by atoms with van der Waals surface area (Å²) in [7, 11) is 0. The van der Waals surface area contributed by atoms with E-state index < -0.39 is 23.7 Å². The van der Waals surface area contributed by atoms with E-state index in [4.69, 9.17) is 5.73 Å². The molecular weight excluding hydrogens is 399 g/mol. The molecule has 8 nitrogen and oxygen atoms in total. The third-order valence-corrected chi connectivity index (χ3v) is 5.84. The van der Waals surface area contributed by atoms with Gasteiger partial charge < -0.3 is 16.0 Å². The van der Waals surface area contributed by atoms with Crippen molar-refractivity contribution in [2.45, 2.75) is 37.6 Å². The van der Waals surface area contributed by atoms with Crippen molar-refractivity contribution in [2.75, 3.05) is 10.3 Å². The fourth-order valence-electron chi connectivity index (χ4n) is 3.89. The third-order valence-electron chi connectivity index (χ3n) is 5.84. The number of carbonyl (C=O) groups excluding carboxylic acids is 2. The lowest BCUT2D eigenvalue weighted by Crippen LogP contribution is -2.39. The van der Waals surface area contributed by atoms with Gasteiger partial charge in [0.2, 0.25) is 5.91 Å². The summed E-state index contributed by atoms with van der Waals surface area (Å²) in [5.41, 5.74) is 8.47. The third kappa shape index (κ3) is 3.63. The van der Waals surface area contributed by atoms with E-state index in [1.807, 2.05) is 12.1 Å². The second-order valence-corrected chi connectivity index (χ2v) is 7.93. The first-order chi connectivity index (χ1) is 15.0. The lowest BCUT2D eigenvalue weighted by atomic mass is 9.85. The Bertz CT molecular complexity index is 1200. The molecule has 1 atom stereocenters. The number of nitrogens with zero attached hydrogens (tertiary/aromatic N) is 3. The van der Waals surface area contributed by atoms with Crippen LogP contribution in [0, 0.1) is 5.82 Å². The Balaban J connectivity index is 1.36. The monoisotopic (exact) mass is 420 g/mol. The van der Waals surface area contributed by atoms with Crippen LogP contribution in [0.2, 0.25) is 0 Å². The number of aromatic nitrogens is 2. The molecule has 2 heterocycles. The van der Waals surface area contributed by atoms with Crippen molar-refractivity contribution in [3.8, 4) is 0 Å². The highest BCUT2D eigenvalue weighted by molar-refractivity contribution is 6.44. The maximum Gasteiger partial charge on any atom is 0.271 e. The molecule has 5 rings (SSSR count). The smallest absolute Gasteiger partial charge is 0.271 e. The number of carbonyl (C=O) groups is 2. The highest BCUT2D eigenvalue weighted by Crippen LogP contribution is 2.35. The lowest BCUT2D eigenvalue weighted by Gasteiger charge is -2.22. The van der Waals surface area contributed by atoms with E-state index in [9.17, 15) is 14.0 Å². The largest absolute Gasteiger partial charge is 0.368 e. The van der Waals surface area contributed by atoms with Crippen LogP contribution in [-0.4, -0.2) is 33.5 Å². The van der Waals surface area contributed by atoms with Gasteiger partial charge in [-0.2, -0.15) is 5.10 Å². The topological polar surface area (TPSA) is 116 Å². The highest BCUT2D eigenvalue weighted by atomic mass is 19.1. The number of anilines is 2. The maximum absolute atomic E-state index is 13.2. The van der Waals surface area contributed by atoms with Gasteiger partial charge in [0.05, 0.1) is 16.7 Å². The van der Waals surface area contributed by atoms with E-state index in [-0.39, 0.29) is 12.1 Å². The number of primary amides is 1. The molecule has 0 bridgehead atoms. The van der Waals surface area contributed by atoms with Gasteiger partial charge in [0.1, 0.15) is 23.4 Å². The molecule has 4 N–H and O–H groups in total. The number of hydrogen-bond acceptors (Lipinski definition) is 5. The summed E-state index contributed by atoms with van der Waals surface area (Å²) in [5, 5.41) is 8.48. The van der Waals surface area contributed by atoms with E-state index in [1.165, 1.54) is 35.7 Å². The molecule has 2 amide bonds. The van der Waals surface area contributed by atoms with Gasteiger partial charge in [-0.25, -0.2) is 9.37 Å². The van der Waals surface area contributed by atoms with Crippen LogP contribution < -0.4 is 16.1 Å². The van der Waals surface area contributed by atoms with Gasteiger partial charge in [-0.15, -0.1) is 0 Å². The summed E-state index contributed by atoms with van der Waals surface area (Å²) in [5.74, 6) is 0.0352. The van der Waals surface area contributed by atoms with Crippen molar-refractivity contribution < 1.29 is 14.0 Å². The SMILES string of the molecule is NC(=O)C1CC(C(=O)Nc2ccc3nc(C4CCC4)[nH]c3c2)=NN1c1ccc(F)cc1. The Hall–Kier alpha value is -3.75. The number of rotatable bonds is 5.